The van der Waals surface area contributed by atoms with Crippen LogP contribution < -0.4 is 25.6 Å². The molecule has 0 bridgehead atoms. The molecule has 6 rings (SSSR count). The monoisotopic (exact) mass is 537 g/mol. The van der Waals surface area contributed by atoms with Crippen molar-refractivity contribution < 1.29 is 18.7 Å². The number of amides is 3. The fourth-order valence-electron chi connectivity index (χ4n) is 6.05. The first-order valence-electron chi connectivity index (χ1n) is 13.2. The van der Waals surface area contributed by atoms with Gasteiger partial charge in [0.05, 0.1) is 16.3 Å². The largest absolute Gasteiger partial charge is 0.454 e. The minimum atomic E-state index is -0.432. The number of nitrogens with one attached hydrogen (secondary N) is 3. The van der Waals surface area contributed by atoms with E-state index in [2.05, 4.69) is 27.9 Å². The van der Waals surface area contributed by atoms with E-state index >= 15 is 0 Å². The Morgan fingerprint density at radius 3 is 2.84 bits per heavy atom. The molecule has 2 aromatic rings. The number of carbonyl (C=O) groups excluding carboxylic acids is 2. The average molecular weight is 538 g/mol. The Morgan fingerprint density at radius 1 is 1.21 bits per heavy atom. The zero-order valence-corrected chi connectivity index (χ0v) is 22.3. The third kappa shape index (κ3) is 4.65. The number of para-hydroxylation sites is 1. The van der Waals surface area contributed by atoms with Crippen LogP contribution in [0.5, 0.6) is 11.5 Å². The summed E-state index contributed by atoms with van der Waals surface area (Å²) in [5.74, 6) is 0.106. The molecule has 4 heterocycles. The number of likely N-dealkylation sites (tertiary alicyclic amines) is 1. The fourth-order valence-corrected chi connectivity index (χ4v) is 7.45. The molecule has 4 atom stereocenters. The molecule has 4 aliphatic rings. The molecule has 8 nitrogen and oxygen atoms in total. The van der Waals surface area contributed by atoms with Gasteiger partial charge in [-0.2, -0.15) is 0 Å². The number of hydrogen-bond donors (Lipinski definition) is 3. The summed E-state index contributed by atoms with van der Waals surface area (Å²) in [5, 5.41) is 9.85. The maximum absolute atomic E-state index is 14.1. The number of halogens is 1. The first-order valence-corrected chi connectivity index (χ1v) is 14.0. The highest BCUT2D eigenvalue weighted by Crippen LogP contribution is 2.48. The van der Waals surface area contributed by atoms with E-state index in [1.807, 2.05) is 24.0 Å². The van der Waals surface area contributed by atoms with Crippen molar-refractivity contribution in [1.29, 1.82) is 0 Å². The molecule has 3 N–H and O–H groups in total. The number of thioether (sulfide) groups is 1. The summed E-state index contributed by atoms with van der Waals surface area (Å²) >= 11 is 1.52. The van der Waals surface area contributed by atoms with Crippen LogP contribution in [-0.4, -0.2) is 61.0 Å². The Kier molecular flexibility index (Phi) is 6.79. The van der Waals surface area contributed by atoms with Crippen LogP contribution in [0.2, 0.25) is 0 Å². The van der Waals surface area contributed by atoms with Crippen LogP contribution in [0.25, 0.3) is 0 Å². The molecule has 3 amide bonds. The summed E-state index contributed by atoms with van der Waals surface area (Å²) in [6.07, 6.45) is 2.80. The van der Waals surface area contributed by atoms with Crippen LogP contribution in [0.15, 0.2) is 53.1 Å². The highest BCUT2D eigenvalue weighted by Gasteiger charge is 2.52. The van der Waals surface area contributed by atoms with Crippen molar-refractivity contribution in [3.63, 3.8) is 0 Å². The van der Waals surface area contributed by atoms with Crippen molar-refractivity contribution in [2.75, 3.05) is 31.6 Å². The molecule has 3 unspecified atom stereocenters. The Bertz CT molecular complexity index is 1300. The summed E-state index contributed by atoms with van der Waals surface area (Å²) in [5.41, 5.74) is 2.36. The fraction of sp³-hybridized carbons (Fsp3) is 0.429. The van der Waals surface area contributed by atoms with Gasteiger partial charge in [-0.25, -0.2) is 9.18 Å². The number of rotatable bonds is 5. The van der Waals surface area contributed by atoms with Gasteiger partial charge in [-0.15, -0.1) is 0 Å². The van der Waals surface area contributed by atoms with E-state index in [0.717, 1.165) is 55.8 Å². The lowest BCUT2D eigenvalue weighted by molar-refractivity contribution is -0.117. The van der Waals surface area contributed by atoms with Gasteiger partial charge in [-0.3, -0.25) is 9.69 Å². The third-order valence-electron chi connectivity index (χ3n) is 7.80. The Labute approximate surface area is 226 Å². The van der Waals surface area contributed by atoms with Crippen LogP contribution >= 0.6 is 11.8 Å². The number of carbonyl (C=O) groups is 2. The summed E-state index contributed by atoms with van der Waals surface area (Å²) in [7, 11) is 2.07. The smallest absolute Gasteiger partial charge is 0.326 e. The lowest BCUT2D eigenvalue weighted by atomic mass is 9.86. The normalized spacial score (nSPS) is 27.1. The molecule has 0 aliphatic carbocycles. The second kappa shape index (κ2) is 10.2. The number of ether oxygens (including phenoxy) is 1. The molecule has 4 aliphatic heterocycles. The summed E-state index contributed by atoms with van der Waals surface area (Å²) < 4.78 is 19.8. The van der Waals surface area contributed by atoms with Gasteiger partial charge >= 0.3 is 6.03 Å². The molecule has 3 saturated heterocycles. The van der Waals surface area contributed by atoms with Gasteiger partial charge in [0, 0.05) is 29.9 Å². The topological polar surface area (TPSA) is 85.9 Å². The molecular weight excluding hydrogens is 505 g/mol. The summed E-state index contributed by atoms with van der Waals surface area (Å²) in [6.45, 7) is 4.56. The van der Waals surface area contributed by atoms with E-state index in [-0.39, 0.29) is 41.1 Å². The average Bonchev–Trinajstić information content (AvgIpc) is 3.26. The van der Waals surface area contributed by atoms with Crippen molar-refractivity contribution in [3.8, 4) is 11.5 Å². The predicted octanol–water partition coefficient (Wildman–Crippen LogP) is 3.93. The first-order chi connectivity index (χ1) is 18.4. The zero-order chi connectivity index (χ0) is 26.4. The van der Waals surface area contributed by atoms with Gasteiger partial charge in [0.25, 0.3) is 5.91 Å². The minimum absolute atomic E-state index is 0.0185. The molecule has 200 valence electrons. The highest BCUT2D eigenvalue weighted by atomic mass is 32.2. The maximum atomic E-state index is 14.1. The number of likely N-dealkylation sites (N-methyl/N-ethyl adjacent to an activating group) is 1. The lowest BCUT2D eigenvalue weighted by Crippen LogP contribution is -2.62. The molecule has 2 aromatic carbocycles. The van der Waals surface area contributed by atoms with Crippen LogP contribution in [0.4, 0.5) is 14.9 Å². The van der Waals surface area contributed by atoms with Gasteiger partial charge in [0.15, 0.2) is 11.6 Å². The molecule has 0 radical (unpaired) electrons. The zero-order valence-electron chi connectivity index (χ0n) is 21.5. The molecular formula is C28H32FN5O3S. The molecule has 38 heavy (non-hydrogen) atoms. The number of piperidine rings is 2. The van der Waals surface area contributed by atoms with Crippen molar-refractivity contribution >= 4 is 29.4 Å². The SMILES string of the molecule is Cc1cc(Oc2ccccc2F)ccc1N1C(=O)NC2=C(C(=O)N[C@H]3CCCN(C)C3)SC3NCCC1C23. The molecule has 0 spiro atoms. The lowest BCUT2D eigenvalue weighted by Gasteiger charge is -2.46. The van der Waals surface area contributed by atoms with Crippen molar-refractivity contribution in [2.24, 2.45) is 5.92 Å². The van der Waals surface area contributed by atoms with Gasteiger partial charge in [-0.1, -0.05) is 23.9 Å². The minimum Gasteiger partial charge on any atom is -0.454 e. The van der Waals surface area contributed by atoms with E-state index < -0.39 is 5.82 Å². The second-order valence-corrected chi connectivity index (χ2v) is 11.6. The molecule has 3 fully saturated rings. The van der Waals surface area contributed by atoms with Crippen LogP contribution in [0.3, 0.4) is 0 Å². The molecule has 0 saturated carbocycles. The maximum Gasteiger partial charge on any atom is 0.326 e. The summed E-state index contributed by atoms with van der Waals surface area (Å²) in [4.78, 5) is 31.6. The molecule has 0 aromatic heterocycles. The van der Waals surface area contributed by atoms with Crippen LogP contribution in [-0.2, 0) is 4.79 Å². The number of aryl methyl sites for hydroxylation is 1. The van der Waals surface area contributed by atoms with E-state index in [9.17, 15) is 14.0 Å². The van der Waals surface area contributed by atoms with E-state index in [1.54, 1.807) is 24.3 Å². The van der Waals surface area contributed by atoms with E-state index in [1.165, 1.54) is 17.8 Å². The van der Waals surface area contributed by atoms with Crippen molar-refractivity contribution in [1.82, 2.24) is 20.9 Å². The van der Waals surface area contributed by atoms with Gasteiger partial charge < -0.3 is 25.6 Å². The van der Waals surface area contributed by atoms with Crippen molar-refractivity contribution in [3.05, 3.63) is 64.4 Å². The number of nitrogens with zero attached hydrogens (tertiary/aromatic N) is 2. The number of urea groups is 1. The first kappa shape index (κ1) is 25.2. The summed E-state index contributed by atoms with van der Waals surface area (Å²) in [6, 6.07) is 11.5. The van der Waals surface area contributed by atoms with Crippen LogP contribution in [0, 0.1) is 18.7 Å². The number of hydrogen-bond acceptors (Lipinski definition) is 6. The Morgan fingerprint density at radius 2 is 2.05 bits per heavy atom. The Hall–Kier alpha value is -3.08. The third-order valence-corrected chi connectivity index (χ3v) is 9.15. The predicted molar refractivity (Wildman–Crippen MR) is 146 cm³/mol. The van der Waals surface area contributed by atoms with E-state index in [4.69, 9.17) is 4.74 Å². The van der Waals surface area contributed by atoms with Gasteiger partial charge in [-0.05, 0) is 82.2 Å². The van der Waals surface area contributed by atoms with Gasteiger partial charge in [0.1, 0.15) is 5.75 Å². The van der Waals surface area contributed by atoms with Gasteiger partial charge in [0.2, 0.25) is 0 Å². The standard InChI is InChI=1S/C28H32FN5O3S/c1-16-14-18(37-22-8-4-3-7-19(22)29)9-10-20(16)34-21-11-12-30-27-23(21)24(32-28(34)36)25(38-27)26(35)31-17-6-5-13-33(2)15-17/h3-4,7-10,14,17,21,23,27,30H,5-6,11-13,15H2,1-2H3,(H,31,35)(H,32,36)/t17-,21?,23?,27?/m0/s1. The highest BCUT2D eigenvalue weighted by molar-refractivity contribution is 8.04. The quantitative estimate of drug-likeness (QED) is 0.536. The van der Waals surface area contributed by atoms with Crippen molar-refractivity contribution in [2.45, 2.75) is 43.6 Å². The van der Waals surface area contributed by atoms with E-state index in [0.29, 0.717) is 10.7 Å². The number of anilines is 1. The Balaban J connectivity index is 1.25. The molecule has 10 heteroatoms. The second-order valence-electron chi connectivity index (χ2n) is 10.5. The van der Waals surface area contributed by atoms with Crippen LogP contribution in [0.1, 0.15) is 24.8 Å². The number of benzene rings is 2.